The number of hydrogen-bond acceptors (Lipinski definition) is 4. The summed E-state index contributed by atoms with van der Waals surface area (Å²) < 4.78 is 1.61. The summed E-state index contributed by atoms with van der Waals surface area (Å²) in [7, 11) is 1.80. The van der Waals surface area contributed by atoms with Gasteiger partial charge in [0.15, 0.2) is 0 Å². The first-order chi connectivity index (χ1) is 5.97. The molecule has 0 spiro atoms. The van der Waals surface area contributed by atoms with Crippen molar-refractivity contribution in [1.29, 1.82) is 0 Å². The second-order valence-electron chi connectivity index (χ2n) is 3.76. The fourth-order valence-corrected chi connectivity index (χ4v) is 0.663. The van der Waals surface area contributed by atoms with Gasteiger partial charge in [0.1, 0.15) is 11.3 Å². The molecule has 5 heteroatoms. The van der Waals surface area contributed by atoms with Crippen molar-refractivity contribution >= 4 is 6.21 Å². The first kappa shape index (κ1) is 9.70. The molecule has 0 aromatic carbocycles. The maximum absolute atomic E-state index is 5.13. The van der Waals surface area contributed by atoms with Crippen molar-refractivity contribution in [2.45, 2.75) is 26.4 Å². The third-order valence-electron chi connectivity index (χ3n) is 1.13. The van der Waals surface area contributed by atoms with Gasteiger partial charge < -0.3 is 4.84 Å². The zero-order chi connectivity index (χ0) is 9.90. The fourth-order valence-electron chi connectivity index (χ4n) is 0.663. The van der Waals surface area contributed by atoms with Crippen molar-refractivity contribution in [3.8, 4) is 0 Å². The molecule has 0 saturated carbocycles. The molecule has 0 aliphatic heterocycles. The Balaban J connectivity index is 2.50. The van der Waals surface area contributed by atoms with Gasteiger partial charge in [0.2, 0.25) is 0 Å². The monoisotopic (exact) mass is 182 g/mol. The second kappa shape index (κ2) is 3.55. The third kappa shape index (κ3) is 3.68. The Morgan fingerprint density at radius 1 is 1.54 bits per heavy atom. The van der Waals surface area contributed by atoms with E-state index in [1.807, 2.05) is 20.8 Å². The van der Waals surface area contributed by atoms with Gasteiger partial charge >= 0.3 is 0 Å². The van der Waals surface area contributed by atoms with Crippen molar-refractivity contribution < 1.29 is 4.84 Å². The van der Waals surface area contributed by atoms with E-state index < -0.39 is 0 Å². The van der Waals surface area contributed by atoms with Crippen LogP contribution in [0.15, 0.2) is 11.4 Å². The minimum atomic E-state index is -0.265. The van der Waals surface area contributed by atoms with Crippen molar-refractivity contribution in [1.82, 2.24) is 15.0 Å². The topological polar surface area (TPSA) is 52.3 Å². The van der Waals surface area contributed by atoms with E-state index in [1.165, 1.54) is 6.21 Å². The third-order valence-corrected chi connectivity index (χ3v) is 1.13. The van der Waals surface area contributed by atoms with Crippen LogP contribution in [-0.4, -0.2) is 26.8 Å². The van der Waals surface area contributed by atoms with Crippen molar-refractivity contribution in [3.05, 3.63) is 11.9 Å². The van der Waals surface area contributed by atoms with E-state index in [2.05, 4.69) is 15.5 Å². The number of aryl methyl sites for hydroxylation is 1. The van der Waals surface area contributed by atoms with Gasteiger partial charge in [0, 0.05) is 7.05 Å². The summed E-state index contributed by atoms with van der Waals surface area (Å²) >= 11 is 0. The molecule has 0 N–H and O–H groups in total. The average molecular weight is 182 g/mol. The Bertz CT molecular complexity index is 297. The van der Waals surface area contributed by atoms with Gasteiger partial charge in [-0.05, 0) is 20.8 Å². The first-order valence-electron chi connectivity index (χ1n) is 4.05. The number of oxime groups is 1. The van der Waals surface area contributed by atoms with Crippen LogP contribution in [0, 0.1) is 0 Å². The molecule has 0 fully saturated rings. The summed E-state index contributed by atoms with van der Waals surface area (Å²) in [5.74, 6) is 0. The largest absolute Gasteiger partial charge is 0.390 e. The lowest BCUT2D eigenvalue weighted by Crippen LogP contribution is -2.15. The van der Waals surface area contributed by atoms with Crippen LogP contribution in [0.5, 0.6) is 0 Å². The van der Waals surface area contributed by atoms with Crippen molar-refractivity contribution in [2.24, 2.45) is 12.2 Å². The zero-order valence-electron chi connectivity index (χ0n) is 8.35. The van der Waals surface area contributed by atoms with Crippen LogP contribution in [0.25, 0.3) is 0 Å². The molecule has 0 aliphatic rings. The normalized spacial score (nSPS) is 12.3. The molecular formula is C8H14N4O. The van der Waals surface area contributed by atoms with E-state index in [0.717, 1.165) is 0 Å². The summed E-state index contributed by atoms with van der Waals surface area (Å²) in [6, 6.07) is 0. The Morgan fingerprint density at radius 3 is 2.69 bits per heavy atom. The van der Waals surface area contributed by atoms with Crippen molar-refractivity contribution in [3.63, 3.8) is 0 Å². The molecule has 1 aromatic rings. The smallest absolute Gasteiger partial charge is 0.129 e. The standard InChI is InChI=1S/C8H14N4O/c1-8(2,3)13-9-5-7-6-12(4)11-10-7/h5-6H,1-4H3/b9-5+. The molecule has 0 atom stereocenters. The molecule has 0 radical (unpaired) electrons. The molecular weight excluding hydrogens is 168 g/mol. The van der Waals surface area contributed by atoms with E-state index >= 15 is 0 Å². The summed E-state index contributed by atoms with van der Waals surface area (Å²) in [6.07, 6.45) is 3.30. The molecule has 72 valence electrons. The van der Waals surface area contributed by atoms with E-state index in [0.29, 0.717) is 5.69 Å². The van der Waals surface area contributed by atoms with E-state index in [9.17, 15) is 0 Å². The SMILES string of the molecule is Cn1cc(/C=N/OC(C)(C)C)nn1. The quantitative estimate of drug-likeness (QED) is 0.505. The Kier molecular flexibility index (Phi) is 2.65. The lowest BCUT2D eigenvalue weighted by molar-refractivity contribution is 0.00196. The predicted octanol–water partition coefficient (Wildman–Crippen LogP) is 0.964. The highest BCUT2D eigenvalue weighted by Gasteiger charge is 2.09. The van der Waals surface area contributed by atoms with Gasteiger partial charge in [-0.2, -0.15) is 0 Å². The molecule has 0 saturated heterocycles. The van der Waals surface area contributed by atoms with Crippen molar-refractivity contribution in [2.75, 3.05) is 0 Å². The molecule has 0 aliphatic carbocycles. The molecule has 0 amide bonds. The highest BCUT2D eigenvalue weighted by molar-refractivity contribution is 5.75. The Hall–Kier alpha value is -1.39. The second-order valence-corrected chi connectivity index (χ2v) is 3.76. The van der Waals surface area contributed by atoms with Crippen LogP contribution in [0.2, 0.25) is 0 Å². The van der Waals surface area contributed by atoms with Crippen LogP contribution in [0.4, 0.5) is 0 Å². The highest BCUT2D eigenvalue weighted by Crippen LogP contribution is 2.06. The molecule has 1 heterocycles. The van der Waals surface area contributed by atoms with Crippen LogP contribution in [0.1, 0.15) is 26.5 Å². The molecule has 0 unspecified atom stereocenters. The lowest BCUT2D eigenvalue weighted by Gasteiger charge is -2.14. The van der Waals surface area contributed by atoms with Gasteiger partial charge in [-0.25, -0.2) is 0 Å². The van der Waals surface area contributed by atoms with Gasteiger partial charge in [-0.15, -0.1) is 5.10 Å². The minimum absolute atomic E-state index is 0.265. The predicted molar refractivity (Wildman–Crippen MR) is 49.4 cm³/mol. The number of nitrogens with zero attached hydrogens (tertiary/aromatic N) is 4. The highest BCUT2D eigenvalue weighted by atomic mass is 16.6. The van der Waals surface area contributed by atoms with Crippen LogP contribution >= 0.6 is 0 Å². The molecule has 0 bridgehead atoms. The maximum atomic E-state index is 5.13. The molecule has 1 rings (SSSR count). The van der Waals surface area contributed by atoms with Gasteiger partial charge in [0.05, 0.1) is 12.4 Å². The Labute approximate surface area is 77.4 Å². The number of rotatable bonds is 2. The van der Waals surface area contributed by atoms with E-state index in [4.69, 9.17) is 4.84 Å². The number of aromatic nitrogens is 3. The number of hydrogen-bond donors (Lipinski definition) is 0. The molecule has 13 heavy (non-hydrogen) atoms. The zero-order valence-corrected chi connectivity index (χ0v) is 8.35. The molecule has 1 aromatic heterocycles. The summed E-state index contributed by atoms with van der Waals surface area (Å²) in [4.78, 5) is 5.13. The minimum Gasteiger partial charge on any atom is -0.390 e. The fraction of sp³-hybridized carbons (Fsp3) is 0.625. The lowest BCUT2D eigenvalue weighted by atomic mass is 10.2. The van der Waals surface area contributed by atoms with Gasteiger partial charge in [-0.3, -0.25) is 4.68 Å². The van der Waals surface area contributed by atoms with Gasteiger partial charge in [0.25, 0.3) is 0 Å². The summed E-state index contributed by atoms with van der Waals surface area (Å²) in [5.41, 5.74) is 0.422. The van der Waals surface area contributed by atoms with Crippen LogP contribution < -0.4 is 0 Å². The van der Waals surface area contributed by atoms with E-state index in [1.54, 1.807) is 17.9 Å². The average Bonchev–Trinajstić information content (AvgIpc) is 2.33. The summed E-state index contributed by atoms with van der Waals surface area (Å²) in [6.45, 7) is 5.79. The van der Waals surface area contributed by atoms with Gasteiger partial charge in [-0.1, -0.05) is 10.4 Å². The van der Waals surface area contributed by atoms with Crippen LogP contribution in [-0.2, 0) is 11.9 Å². The van der Waals surface area contributed by atoms with Crippen LogP contribution in [0.3, 0.4) is 0 Å². The Morgan fingerprint density at radius 2 is 2.23 bits per heavy atom. The molecule has 5 nitrogen and oxygen atoms in total. The maximum Gasteiger partial charge on any atom is 0.129 e. The summed E-state index contributed by atoms with van der Waals surface area (Å²) in [5, 5.41) is 11.4. The van der Waals surface area contributed by atoms with E-state index in [-0.39, 0.29) is 5.60 Å². The first-order valence-corrected chi connectivity index (χ1v) is 4.05.